The largest absolute Gasteiger partial charge is 0.374 e. The zero-order chi connectivity index (χ0) is 13.7. The number of ether oxygens (including phenoxy) is 1. The fourth-order valence-electron chi connectivity index (χ4n) is 2.16. The third kappa shape index (κ3) is 4.02. The predicted octanol–water partition coefficient (Wildman–Crippen LogP) is 0.415. The molecule has 0 bridgehead atoms. The first-order chi connectivity index (χ1) is 9.21. The summed E-state index contributed by atoms with van der Waals surface area (Å²) < 4.78 is 5.33. The maximum atomic E-state index is 5.43. The molecule has 7 heteroatoms. The van der Waals surface area contributed by atoms with Crippen LogP contribution in [-0.2, 0) is 11.3 Å². The molecule has 1 unspecified atom stereocenters. The van der Waals surface area contributed by atoms with Crippen molar-refractivity contribution in [3.63, 3.8) is 0 Å². The lowest BCUT2D eigenvalue weighted by atomic mass is 10.2. The first-order valence-electron chi connectivity index (χ1n) is 6.58. The Kier molecular flexibility index (Phi) is 4.89. The molecule has 0 spiro atoms. The Hall–Kier alpha value is -1.44. The first-order valence-corrected chi connectivity index (χ1v) is 6.58. The Labute approximate surface area is 113 Å². The Bertz CT molecular complexity index is 413. The van der Waals surface area contributed by atoms with Crippen LogP contribution in [0.1, 0.15) is 19.2 Å². The average molecular weight is 266 g/mol. The number of nitrogens with two attached hydrogens (primary N) is 1. The zero-order valence-corrected chi connectivity index (χ0v) is 11.5. The molecular formula is C12H22N6O. The van der Waals surface area contributed by atoms with Crippen molar-refractivity contribution in [1.82, 2.24) is 14.9 Å². The number of anilines is 2. The van der Waals surface area contributed by atoms with Gasteiger partial charge < -0.3 is 20.4 Å². The number of aromatic nitrogens is 2. The topological polar surface area (TPSA) is 88.3 Å². The van der Waals surface area contributed by atoms with Gasteiger partial charge in [-0.15, -0.1) is 0 Å². The van der Waals surface area contributed by atoms with E-state index in [0.29, 0.717) is 30.9 Å². The Morgan fingerprint density at radius 1 is 1.47 bits per heavy atom. The molecule has 1 aromatic rings. The Morgan fingerprint density at radius 2 is 2.26 bits per heavy atom. The van der Waals surface area contributed by atoms with Crippen LogP contribution in [0.2, 0.25) is 0 Å². The maximum Gasteiger partial charge on any atom is 0.158 e. The number of hydrogen-bond donors (Lipinski definition) is 3. The molecule has 2 heterocycles. The van der Waals surface area contributed by atoms with Crippen molar-refractivity contribution in [1.29, 1.82) is 0 Å². The summed E-state index contributed by atoms with van der Waals surface area (Å²) in [6.45, 7) is 5.11. The quantitative estimate of drug-likeness (QED) is 0.508. The summed E-state index contributed by atoms with van der Waals surface area (Å²) in [4.78, 5) is 11.0. The van der Waals surface area contributed by atoms with Crippen LogP contribution in [0.15, 0.2) is 6.07 Å². The normalized spacial score (nSPS) is 19.6. The molecule has 1 aliphatic rings. The van der Waals surface area contributed by atoms with Gasteiger partial charge in [0.05, 0.1) is 0 Å². The number of rotatable bonds is 6. The van der Waals surface area contributed by atoms with E-state index in [0.717, 1.165) is 25.3 Å². The van der Waals surface area contributed by atoms with Crippen LogP contribution in [-0.4, -0.2) is 47.7 Å². The zero-order valence-electron chi connectivity index (χ0n) is 11.5. The van der Waals surface area contributed by atoms with Crippen molar-refractivity contribution < 1.29 is 4.74 Å². The fourth-order valence-corrected chi connectivity index (χ4v) is 2.16. The number of likely N-dealkylation sites (tertiary alicyclic amines) is 1. The standard InChI is InChI=1S/C12H22N6O/c1-3-19-8-12-15-10(6-11(16-12)17-13)14-9-4-5-18(2)7-9/h6,9H,3-5,7-8,13H2,1-2H3,(H2,14,15,16,17). The van der Waals surface area contributed by atoms with Crippen LogP contribution in [0, 0.1) is 0 Å². The molecule has 1 saturated heterocycles. The highest BCUT2D eigenvalue weighted by Gasteiger charge is 2.19. The molecule has 1 aromatic heterocycles. The van der Waals surface area contributed by atoms with Crippen molar-refractivity contribution >= 4 is 11.6 Å². The van der Waals surface area contributed by atoms with Crippen molar-refractivity contribution in [2.75, 3.05) is 37.5 Å². The molecule has 0 aliphatic carbocycles. The number of hydrogen-bond acceptors (Lipinski definition) is 7. The van der Waals surface area contributed by atoms with Gasteiger partial charge in [0.25, 0.3) is 0 Å². The average Bonchev–Trinajstić information content (AvgIpc) is 2.81. The number of hydrazine groups is 1. The smallest absolute Gasteiger partial charge is 0.158 e. The van der Waals surface area contributed by atoms with Gasteiger partial charge in [0.1, 0.15) is 18.2 Å². The van der Waals surface area contributed by atoms with Gasteiger partial charge in [0, 0.05) is 25.3 Å². The molecule has 0 amide bonds. The van der Waals surface area contributed by atoms with Crippen molar-refractivity contribution in [3.8, 4) is 0 Å². The van der Waals surface area contributed by atoms with Gasteiger partial charge in [0.2, 0.25) is 0 Å². The summed E-state index contributed by atoms with van der Waals surface area (Å²) in [6, 6.07) is 2.23. The third-order valence-electron chi connectivity index (χ3n) is 3.10. The highest BCUT2D eigenvalue weighted by Crippen LogP contribution is 2.16. The van der Waals surface area contributed by atoms with Gasteiger partial charge in [-0.05, 0) is 26.9 Å². The van der Waals surface area contributed by atoms with Crippen molar-refractivity contribution in [2.45, 2.75) is 26.0 Å². The van der Waals surface area contributed by atoms with Crippen LogP contribution >= 0.6 is 0 Å². The summed E-state index contributed by atoms with van der Waals surface area (Å²) in [5.41, 5.74) is 2.56. The van der Waals surface area contributed by atoms with Crippen LogP contribution < -0.4 is 16.6 Å². The fraction of sp³-hybridized carbons (Fsp3) is 0.667. The second-order valence-corrected chi connectivity index (χ2v) is 4.73. The van der Waals surface area contributed by atoms with E-state index >= 15 is 0 Å². The van der Waals surface area contributed by atoms with E-state index in [1.54, 1.807) is 0 Å². The summed E-state index contributed by atoms with van der Waals surface area (Å²) in [6.07, 6.45) is 1.12. The molecule has 1 fully saturated rings. The van der Waals surface area contributed by atoms with E-state index in [9.17, 15) is 0 Å². The second-order valence-electron chi connectivity index (χ2n) is 4.73. The molecule has 0 saturated carbocycles. The van der Waals surface area contributed by atoms with E-state index in [2.05, 4.69) is 32.7 Å². The monoisotopic (exact) mass is 266 g/mol. The number of nitrogens with one attached hydrogen (secondary N) is 2. The summed E-state index contributed by atoms with van der Waals surface area (Å²) in [7, 11) is 2.12. The molecule has 0 aromatic carbocycles. The van der Waals surface area contributed by atoms with Gasteiger partial charge in [-0.25, -0.2) is 15.8 Å². The lowest BCUT2D eigenvalue weighted by molar-refractivity contribution is 0.128. The van der Waals surface area contributed by atoms with E-state index in [1.165, 1.54) is 0 Å². The SMILES string of the molecule is CCOCc1nc(NN)cc(NC2CCN(C)C2)n1. The molecule has 106 valence electrons. The van der Waals surface area contributed by atoms with E-state index in [1.807, 2.05) is 13.0 Å². The molecule has 2 rings (SSSR count). The molecule has 1 aliphatic heterocycles. The van der Waals surface area contributed by atoms with Crippen molar-refractivity contribution in [2.24, 2.45) is 5.84 Å². The van der Waals surface area contributed by atoms with Gasteiger partial charge in [-0.1, -0.05) is 0 Å². The minimum Gasteiger partial charge on any atom is -0.374 e. The van der Waals surface area contributed by atoms with Crippen molar-refractivity contribution in [3.05, 3.63) is 11.9 Å². The second kappa shape index (κ2) is 6.65. The number of nitrogen functional groups attached to an aromatic ring is 1. The first kappa shape index (κ1) is 14.0. The lowest BCUT2D eigenvalue weighted by Crippen LogP contribution is -2.24. The Balaban J connectivity index is 2.05. The third-order valence-corrected chi connectivity index (χ3v) is 3.10. The number of likely N-dealkylation sites (N-methyl/N-ethyl adjacent to an activating group) is 1. The van der Waals surface area contributed by atoms with Crippen LogP contribution in [0.25, 0.3) is 0 Å². The van der Waals surface area contributed by atoms with E-state index < -0.39 is 0 Å². The van der Waals surface area contributed by atoms with Gasteiger partial charge in [-0.3, -0.25) is 0 Å². The molecule has 7 nitrogen and oxygen atoms in total. The molecule has 0 radical (unpaired) electrons. The molecule has 1 atom stereocenters. The van der Waals surface area contributed by atoms with Crippen LogP contribution in [0.5, 0.6) is 0 Å². The molecule has 4 N–H and O–H groups in total. The van der Waals surface area contributed by atoms with Gasteiger partial charge in [-0.2, -0.15) is 0 Å². The highest BCUT2D eigenvalue weighted by molar-refractivity contribution is 5.47. The van der Waals surface area contributed by atoms with E-state index in [4.69, 9.17) is 10.6 Å². The summed E-state index contributed by atoms with van der Waals surface area (Å²) >= 11 is 0. The molecular weight excluding hydrogens is 244 g/mol. The van der Waals surface area contributed by atoms with Crippen LogP contribution in [0.3, 0.4) is 0 Å². The summed E-state index contributed by atoms with van der Waals surface area (Å²) in [5.74, 6) is 7.45. The summed E-state index contributed by atoms with van der Waals surface area (Å²) in [5, 5.41) is 3.42. The number of nitrogens with zero attached hydrogens (tertiary/aromatic N) is 3. The molecule has 19 heavy (non-hydrogen) atoms. The Morgan fingerprint density at radius 3 is 2.89 bits per heavy atom. The van der Waals surface area contributed by atoms with Crippen LogP contribution in [0.4, 0.5) is 11.6 Å². The minimum absolute atomic E-state index is 0.394. The van der Waals surface area contributed by atoms with E-state index in [-0.39, 0.29) is 0 Å². The minimum atomic E-state index is 0.394. The maximum absolute atomic E-state index is 5.43. The van der Waals surface area contributed by atoms with Gasteiger partial charge in [0.15, 0.2) is 5.82 Å². The predicted molar refractivity (Wildman–Crippen MR) is 74.7 cm³/mol. The lowest BCUT2D eigenvalue weighted by Gasteiger charge is -2.15. The van der Waals surface area contributed by atoms with Gasteiger partial charge >= 0.3 is 0 Å². The highest BCUT2D eigenvalue weighted by atomic mass is 16.5.